The van der Waals surface area contributed by atoms with Gasteiger partial charge in [0.05, 0.1) is 29.1 Å². The van der Waals surface area contributed by atoms with Gasteiger partial charge in [0.1, 0.15) is 17.5 Å². The Bertz CT molecular complexity index is 1300. The number of esters is 1. The summed E-state index contributed by atoms with van der Waals surface area (Å²) in [7, 11) is -3.81. The molecule has 0 heterocycles. The lowest BCUT2D eigenvalue weighted by molar-refractivity contribution is -0.116. The van der Waals surface area contributed by atoms with Crippen molar-refractivity contribution < 1.29 is 27.5 Å². The summed E-state index contributed by atoms with van der Waals surface area (Å²) in [4.78, 5) is 24.9. The van der Waals surface area contributed by atoms with Crippen molar-refractivity contribution in [3.63, 3.8) is 0 Å². The lowest BCUT2D eigenvalue weighted by atomic mass is 10.2. The number of carbonyl (C=O) groups is 2. The number of hydrogen-bond acceptors (Lipinski definition) is 6. The first-order valence-corrected chi connectivity index (χ1v) is 12.9. The minimum Gasteiger partial charge on any atom is -0.462 e. The highest BCUT2D eigenvalue weighted by atomic mass is 35.5. The Morgan fingerprint density at radius 2 is 1.63 bits per heavy atom. The Morgan fingerprint density at radius 1 is 1.00 bits per heavy atom. The summed E-state index contributed by atoms with van der Waals surface area (Å²) in [5.41, 5.74) is 0.765. The first-order valence-electron chi connectivity index (χ1n) is 10.7. The molecule has 1 atom stereocenters. The summed E-state index contributed by atoms with van der Waals surface area (Å²) in [5, 5.41) is 2.74. The fraction of sp³-hybridized carbons (Fsp3) is 0.200. The van der Waals surface area contributed by atoms with Gasteiger partial charge in [-0.1, -0.05) is 29.8 Å². The van der Waals surface area contributed by atoms with Crippen LogP contribution in [-0.4, -0.2) is 39.2 Å². The predicted octanol–water partition coefficient (Wildman–Crippen LogP) is 5.10. The molecule has 3 rings (SSSR count). The SMILES string of the molecule is CCOC(=O)c1ccc(NC(=O)C(C)N(c2ccc(Oc3ccccc3)cc2)S(C)(=O)=O)cc1Cl. The second-order valence-electron chi connectivity index (χ2n) is 7.55. The molecular weight excluding hydrogens is 492 g/mol. The van der Waals surface area contributed by atoms with Crippen molar-refractivity contribution in [3.05, 3.63) is 83.4 Å². The molecule has 0 fully saturated rings. The van der Waals surface area contributed by atoms with Crippen molar-refractivity contribution in [2.24, 2.45) is 0 Å². The van der Waals surface area contributed by atoms with Gasteiger partial charge in [0, 0.05) is 5.69 Å². The topological polar surface area (TPSA) is 102 Å². The molecule has 3 aromatic carbocycles. The number of rotatable bonds is 9. The minimum atomic E-state index is -3.81. The molecule has 0 radical (unpaired) electrons. The van der Waals surface area contributed by atoms with Crippen LogP contribution in [0, 0.1) is 0 Å². The number of carbonyl (C=O) groups excluding carboxylic acids is 2. The first kappa shape index (κ1) is 26.1. The van der Waals surface area contributed by atoms with E-state index in [1.54, 1.807) is 43.3 Å². The molecule has 0 saturated carbocycles. The molecule has 1 amide bonds. The van der Waals surface area contributed by atoms with Crippen LogP contribution in [0.25, 0.3) is 0 Å². The highest BCUT2D eigenvalue weighted by Crippen LogP contribution is 2.28. The molecular formula is C25H25ClN2O6S. The Balaban J connectivity index is 1.77. The molecule has 0 aliphatic carbocycles. The van der Waals surface area contributed by atoms with Gasteiger partial charge in [-0.3, -0.25) is 9.10 Å². The van der Waals surface area contributed by atoms with Crippen LogP contribution in [-0.2, 0) is 19.6 Å². The summed E-state index contributed by atoms with van der Waals surface area (Å²) in [6.45, 7) is 3.35. The second-order valence-corrected chi connectivity index (χ2v) is 9.81. The van der Waals surface area contributed by atoms with Crippen molar-refractivity contribution in [2.45, 2.75) is 19.9 Å². The van der Waals surface area contributed by atoms with Gasteiger partial charge in [-0.25, -0.2) is 13.2 Å². The van der Waals surface area contributed by atoms with E-state index < -0.39 is 27.9 Å². The average Bonchev–Trinajstić information content (AvgIpc) is 2.80. The van der Waals surface area contributed by atoms with Gasteiger partial charge in [0.25, 0.3) is 0 Å². The zero-order valence-electron chi connectivity index (χ0n) is 19.4. The maximum Gasteiger partial charge on any atom is 0.339 e. The van der Waals surface area contributed by atoms with Gasteiger partial charge in [-0.05, 0) is 68.4 Å². The molecule has 0 aliphatic heterocycles. The van der Waals surface area contributed by atoms with Crippen LogP contribution in [0.4, 0.5) is 11.4 Å². The van der Waals surface area contributed by atoms with E-state index in [4.69, 9.17) is 21.1 Å². The van der Waals surface area contributed by atoms with Crippen LogP contribution in [0.5, 0.6) is 11.5 Å². The number of benzene rings is 3. The molecule has 0 aliphatic rings. The fourth-order valence-corrected chi connectivity index (χ4v) is 4.74. The normalized spacial score (nSPS) is 11.9. The number of ether oxygens (including phenoxy) is 2. The number of halogens is 1. The van der Waals surface area contributed by atoms with E-state index in [-0.39, 0.29) is 17.2 Å². The third-order valence-electron chi connectivity index (χ3n) is 4.89. The highest BCUT2D eigenvalue weighted by Gasteiger charge is 2.29. The Labute approximate surface area is 209 Å². The fourth-order valence-electron chi connectivity index (χ4n) is 3.31. The minimum absolute atomic E-state index is 0.0999. The summed E-state index contributed by atoms with van der Waals surface area (Å²) in [6.07, 6.45) is 1.02. The van der Waals surface area contributed by atoms with E-state index >= 15 is 0 Å². The zero-order valence-corrected chi connectivity index (χ0v) is 21.0. The lowest BCUT2D eigenvalue weighted by Gasteiger charge is -2.28. The number of anilines is 2. The molecule has 1 N–H and O–H groups in total. The Hall–Kier alpha value is -3.56. The maximum atomic E-state index is 12.9. The van der Waals surface area contributed by atoms with E-state index in [9.17, 15) is 18.0 Å². The van der Waals surface area contributed by atoms with Gasteiger partial charge in [-0.2, -0.15) is 0 Å². The Morgan fingerprint density at radius 3 is 2.20 bits per heavy atom. The maximum absolute atomic E-state index is 12.9. The summed E-state index contributed by atoms with van der Waals surface area (Å²) in [6, 6.07) is 18.8. The number of amides is 1. The van der Waals surface area contributed by atoms with Crippen molar-refractivity contribution in [3.8, 4) is 11.5 Å². The number of para-hydroxylation sites is 1. The number of sulfonamides is 1. The van der Waals surface area contributed by atoms with Crippen LogP contribution in [0.3, 0.4) is 0 Å². The van der Waals surface area contributed by atoms with Crippen LogP contribution in [0.1, 0.15) is 24.2 Å². The van der Waals surface area contributed by atoms with Gasteiger partial charge in [-0.15, -0.1) is 0 Å². The van der Waals surface area contributed by atoms with Crippen LogP contribution >= 0.6 is 11.6 Å². The molecule has 8 nitrogen and oxygen atoms in total. The van der Waals surface area contributed by atoms with Crippen molar-refractivity contribution in [1.82, 2.24) is 0 Å². The van der Waals surface area contributed by atoms with Crippen molar-refractivity contribution >= 4 is 44.9 Å². The molecule has 10 heteroatoms. The predicted molar refractivity (Wildman–Crippen MR) is 136 cm³/mol. The molecule has 0 spiro atoms. The molecule has 184 valence electrons. The highest BCUT2D eigenvalue weighted by molar-refractivity contribution is 7.92. The van der Waals surface area contributed by atoms with E-state index in [0.717, 1.165) is 10.6 Å². The monoisotopic (exact) mass is 516 g/mol. The largest absolute Gasteiger partial charge is 0.462 e. The van der Waals surface area contributed by atoms with E-state index in [0.29, 0.717) is 22.9 Å². The van der Waals surface area contributed by atoms with E-state index in [1.165, 1.54) is 25.1 Å². The van der Waals surface area contributed by atoms with Crippen LogP contribution < -0.4 is 14.4 Å². The van der Waals surface area contributed by atoms with Crippen LogP contribution in [0.2, 0.25) is 5.02 Å². The van der Waals surface area contributed by atoms with Gasteiger partial charge in [0.2, 0.25) is 15.9 Å². The molecule has 3 aromatic rings. The zero-order chi connectivity index (χ0) is 25.6. The third-order valence-corrected chi connectivity index (χ3v) is 6.44. The molecule has 35 heavy (non-hydrogen) atoms. The van der Waals surface area contributed by atoms with Crippen molar-refractivity contribution in [2.75, 3.05) is 22.5 Å². The quantitative estimate of drug-likeness (QED) is 0.397. The number of nitrogens with one attached hydrogen (secondary N) is 1. The first-order chi connectivity index (χ1) is 16.6. The second kappa shape index (κ2) is 11.2. The Kier molecular flexibility index (Phi) is 8.37. The lowest BCUT2D eigenvalue weighted by Crippen LogP contribution is -2.45. The molecule has 0 bridgehead atoms. The average molecular weight is 517 g/mol. The molecule has 0 aromatic heterocycles. The summed E-state index contributed by atoms with van der Waals surface area (Å²) >= 11 is 6.16. The number of nitrogens with zero attached hydrogens (tertiary/aromatic N) is 1. The third kappa shape index (κ3) is 6.74. The van der Waals surface area contributed by atoms with Gasteiger partial charge in [0.15, 0.2) is 0 Å². The smallest absolute Gasteiger partial charge is 0.339 e. The van der Waals surface area contributed by atoms with Gasteiger partial charge < -0.3 is 14.8 Å². The van der Waals surface area contributed by atoms with Gasteiger partial charge >= 0.3 is 5.97 Å². The van der Waals surface area contributed by atoms with E-state index in [1.807, 2.05) is 18.2 Å². The molecule has 1 unspecified atom stereocenters. The standard InChI is InChI=1S/C25H25ClN2O6S/c1-4-33-25(30)22-15-10-18(16-23(22)26)27-24(29)17(2)28(35(3,31)32)19-11-13-21(14-12-19)34-20-8-6-5-7-9-20/h5-17H,4H2,1-3H3,(H,27,29). The van der Waals surface area contributed by atoms with Crippen LogP contribution in [0.15, 0.2) is 72.8 Å². The summed E-state index contributed by atoms with van der Waals surface area (Å²) in [5.74, 6) is -0.00545. The van der Waals surface area contributed by atoms with Crippen molar-refractivity contribution in [1.29, 1.82) is 0 Å². The summed E-state index contributed by atoms with van der Waals surface area (Å²) < 4.78 is 36.9. The molecule has 0 saturated heterocycles. The van der Waals surface area contributed by atoms with E-state index in [2.05, 4.69) is 5.32 Å². The number of hydrogen-bond donors (Lipinski definition) is 1.